The van der Waals surface area contributed by atoms with Crippen molar-refractivity contribution in [1.82, 2.24) is 9.78 Å². The lowest BCUT2D eigenvalue weighted by Gasteiger charge is -2.16. The summed E-state index contributed by atoms with van der Waals surface area (Å²) in [6.45, 7) is 3.44. The van der Waals surface area contributed by atoms with Crippen LogP contribution < -0.4 is 15.8 Å². The smallest absolute Gasteiger partial charge is 0.119 e. The summed E-state index contributed by atoms with van der Waals surface area (Å²) in [6, 6.07) is 7.86. The quantitative estimate of drug-likeness (QED) is 0.834. The number of benzene rings is 1. The third-order valence-electron chi connectivity index (χ3n) is 3.05. The highest BCUT2D eigenvalue weighted by Gasteiger charge is 2.11. The second-order valence-electron chi connectivity index (χ2n) is 4.29. The largest absolute Gasteiger partial charge is 0.497 e. The number of ether oxygens (including phenoxy) is 1. The minimum atomic E-state index is 0.0636. The van der Waals surface area contributed by atoms with Gasteiger partial charge in [-0.1, -0.05) is 0 Å². The van der Waals surface area contributed by atoms with Crippen LogP contribution >= 0.6 is 0 Å². The molecule has 0 fully saturated rings. The first-order valence-corrected chi connectivity index (χ1v) is 6.39. The molecule has 3 N–H and O–H groups in total. The molecule has 102 valence electrons. The molecule has 0 radical (unpaired) electrons. The molecule has 5 heteroatoms. The van der Waals surface area contributed by atoms with Gasteiger partial charge in [0.15, 0.2) is 0 Å². The second kappa shape index (κ2) is 6.24. The van der Waals surface area contributed by atoms with Crippen LogP contribution in [0, 0.1) is 0 Å². The summed E-state index contributed by atoms with van der Waals surface area (Å²) >= 11 is 0. The van der Waals surface area contributed by atoms with Gasteiger partial charge in [0.05, 0.1) is 19.3 Å². The van der Waals surface area contributed by atoms with Gasteiger partial charge in [0.1, 0.15) is 5.75 Å². The molecule has 0 bridgehead atoms. The van der Waals surface area contributed by atoms with Gasteiger partial charge >= 0.3 is 0 Å². The predicted octanol–water partition coefficient (Wildman–Crippen LogP) is 2.02. The summed E-state index contributed by atoms with van der Waals surface area (Å²) in [5, 5.41) is 7.67. The molecule has 1 aromatic heterocycles. The molecule has 1 unspecified atom stereocenters. The summed E-state index contributed by atoms with van der Waals surface area (Å²) in [5.41, 5.74) is 7.95. The molecule has 19 heavy (non-hydrogen) atoms. The molecule has 0 aliphatic heterocycles. The van der Waals surface area contributed by atoms with Crippen molar-refractivity contribution in [3.8, 4) is 5.75 Å². The molecule has 1 heterocycles. The Morgan fingerprint density at radius 3 is 2.63 bits per heavy atom. The highest BCUT2D eigenvalue weighted by Crippen LogP contribution is 2.20. The van der Waals surface area contributed by atoms with Crippen molar-refractivity contribution in [3.63, 3.8) is 0 Å². The van der Waals surface area contributed by atoms with E-state index in [9.17, 15) is 0 Å². The maximum atomic E-state index is 5.84. The molecule has 0 aliphatic carbocycles. The van der Waals surface area contributed by atoms with Crippen LogP contribution in [0.1, 0.15) is 18.5 Å². The monoisotopic (exact) mass is 260 g/mol. The zero-order valence-corrected chi connectivity index (χ0v) is 11.3. The third-order valence-corrected chi connectivity index (χ3v) is 3.05. The van der Waals surface area contributed by atoms with E-state index < -0.39 is 0 Å². The lowest BCUT2D eigenvalue weighted by atomic mass is 10.1. The second-order valence-corrected chi connectivity index (χ2v) is 4.29. The summed E-state index contributed by atoms with van der Waals surface area (Å²) in [7, 11) is 1.66. The van der Waals surface area contributed by atoms with Crippen LogP contribution in [0.4, 0.5) is 5.69 Å². The maximum Gasteiger partial charge on any atom is 0.119 e. The van der Waals surface area contributed by atoms with Crippen molar-refractivity contribution in [2.24, 2.45) is 5.73 Å². The normalized spacial score (nSPS) is 12.2. The molecule has 2 rings (SSSR count). The highest BCUT2D eigenvalue weighted by molar-refractivity contribution is 5.48. The molecule has 0 saturated carbocycles. The van der Waals surface area contributed by atoms with E-state index in [4.69, 9.17) is 10.5 Å². The van der Waals surface area contributed by atoms with Crippen molar-refractivity contribution in [2.75, 3.05) is 19.0 Å². The van der Waals surface area contributed by atoms with E-state index in [1.165, 1.54) is 0 Å². The molecule has 0 aliphatic rings. The van der Waals surface area contributed by atoms with Crippen LogP contribution in [0.3, 0.4) is 0 Å². The van der Waals surface area contributed by atoms with Crippen LogP contribution in [-0.4, -0.2) is 23.4 Å². The number of nitrogens with zero attached hydrogens (tertiary/aromatic N) is 2. The fourth-order valence-corrected chi connectivity index (χ4v) is 1.90. The number of aromatic nitrogens is 2. The average Bonchev–Trinajstić information content (AvgIpc) is 2.94. The Balaban J connectivity index is 2.09. The van der Waals surface area contributed by atoms with E-state index in [0.717, 1.165) is 23.5 Å². The number of hydrogen-bond acceptors (Lipinski definition) is 4. The number of rotatable bonds is 6. The van der Waals surface area contributed by atoms with Gasteiger partial charge in [0, 0.05) is 30.5 Å². The first-order valence-electron chi connectivity index (χ1n) is 6.39. The molecule has 0 spiro atoms. The highest BCUT2D eigenvalue weighted by atomic mass is 16.5. The van der Waals surface area contributed by atoms with Gasteiger partial charge in [0.25, 0.3) is 0 Å². The van der Waals surface area contributed by atoms with Crippen LogP contribution in [0.2, 0.25) is 0 Å². The van der Waals surface area contributed by atoms with Crippen molar-refractivity contribution >= 4 is 5.69 Å². The summed E-state index contributed by atoms with van der Waals surface area (Å²) < 4.78 is 7.03. The number of aryl methyl sites for hydroxylation is 1. The number of nitrogens with one attached hydrogen (secondary N) is 1. The first kappa shape index (κ1) is 13.4. The van der Waals surface area contributed by atoms with Gasteiger partial charge < -0.3 is 15.8 Å². The SMILES string of the molecule is CCn1cc(C(CN)Nc2ccc(OC)cc2)cn1. The molecule has 0 amide bonds. The van der Waals surface area contributed by atoms with E-state index in [1.54, 1.807) is 7.11 Å². The van der Waals surface area contributed by atoms with Gasteiger partial charge in [0.2, 0.25) is 0 Å². The Kier molecular flexibility index (Phi) is 4.41. The zero-order valence-electron chi connectivity index (χ0n) is 11.3. The predicted molar refractivity (Wildman–Crippen MR) is 76.3 cm³/mol. The average molecular weight is 260 g/mol. The molecule has 0 saturated heterocycles. The molecule has 1 atom stereocenters. The van der Waals surface area contributed by atoms with Crippen molar-refractivity contribution in [1.29, 1.82) is 0 Å². The van der Waals surface area contributed by atoms with Crippen LogP contribution in [0.5, 0.6) is 5.75 Å². The molecular weight excluding hydrogens is 240 g/mol. The van der Waals surface area contributed by atoms with Crippen LogP contribution in [-0.2, 0) is 6.54 Å². The number of anilines is 1. The van der Waals surface area contributed by atoms with E-state index >= 15 is 0 Å². The molecule has 2 aromatic rings. The van der Waals surface area contributed by atoms with Crippen molar-refractivity contribution in [2.45, 2.75) is 19.5 Å². The standard InChI is InChI=1S/C14H20N4O/c1-3-18-10-11(9-16-18)14(8-15)17-12-4-6-13(19-2)7-5-12/h4-7,9-10,14,17H,3,8,15H2,1-2H3. The topological polar surface area (TPSA) is 65.1 Å². The Labute approximate surface area is 113 Å². The third kappa shape index (κ3) is 3.26. The molecule has 1 aromatic carbocycles. The van der Waals surface area contributed by atoms with Crippen molar-refractivity contribution < 1.29 is 4.74 Å². The lowest BCUT2D eigenvalue weighted by molar-refractivity contribution is 0.415. The van der Waals surface area contributed by atoms with Gasteiger partial charge in [-0.05, 0) is 31.2 Å². The van der Waals surface area contributed by atoms with E-state index in [-0.39, 0.29) is 6.04 Å². The van der Waals surface area contributed by atoms with E-state index in [0.29, 0.717) is 6.54 Å². The van der Waals surface area contributed by atoms with Crippen LogP contribution in [0.25, 0.3) is 0 Å². The van der Waals surface area contributed by atoms with Crippen molar-refractivity contribution in [3.05, 3.63) is 42.2 Å². The minimum absolute atomic E-state index is 0.0636. The summed E-state index contributed by atoms with van der Waals surface area (Å²) in [6.07, 6.45) is 3.88. The molecule has 5 nitrogen and oxygen atoms in total. The van der Waals surface area contributed by atoms with Gasteiger partial charge in [-0.3, -0.25) is 4.68 Å². The summed E-state index contributed by atoms with van der Waals surface area (Å²) in [5.74, 6) is 0.841. The Morgan fingerprint density at radius 1 is 1.37 bits per heavy atom. The van der Waals surface area contributed by atoms with Gasteiger partial charge in [-0.25, -0.2) is 0 Å². The first-order chi connectivity index (χ1) is 9.26. The fourth-order valence-electron chi connectivity index (χ4n) is 1.90. The van der Waals surface area contributed by atoms with E-state index in [2.05, 4.69) is 17.3 Å². The summed E-state index contributed by atoms with van der Waals surface area (Å²) in [4.78, 5) is 0. The van der Waals surface area contributed by atoms with Gasteiger partial charge in [-0.2, -0.15) is 5.10 Å². The Hall–Kier alpha value is -2.01. The fraction of sp³-hybridized carbons (Fsp3) is 0.357. The Bertz CT molecular complexity index is 506. The van der Waals surface area contributed by atoms with Gasteiger partial charge in [-0.15, -0.1) is 0 Å². The number of methoxy groups -OCH3 is 1. The number of nitrogens with two attached hydrogens (primary N) is 1. The maximum absolute atomic E-state index is 5.84. The molecular formula is C14H20N4O. The van der Waals surface area contributed by atoms with Crippen LogP contribution in [0.15, 0.2) is 36.7 Å². The minimum Gasteiger partial charge on any atom is -0.497 e. The van der Waals surface area contributed by atoms with E-state index in [1.807, 2.05) is 41.3 Å². The zero-order chi connectivity index (χ0) is 13.7. The Morgan fingerprint density at radius 2 is 2.11 bits per heavy atom. The number of hydrogen-bond donors (Lipinski definition) is 2. The lowest BCUT2D eigenvalue weighted by Crippen LogP contribution is -2.20.